The molecule has 0 aliphatic rings. The molecule has 0 amide bonds. The molecule has 2 aromatic rings. The molecule has 0 radical (unpaired) electrons. The fourth-order valence-electron chi connectivity index (χ4n) is 1.49. The highest BCUT2D eigenvalue weighted by molar-refractivity contribution is 9.10. The molecule has 9 heteroatoms. The van der Waals surface area contributed by atoms with Crippen molar-refractivity contribution in [3.63, 3.8) is 0 Å². The lowest BCUT2D eigenvalue weighted by Gasteiger charge is -2.12. The van der Waals surface area contributed by atoms with Crippen LogP contribution < -0.4 is 10.6 Å². The number of hydrogen-bond acceptors (Lipinski definition) is 4. The van der Waals surface area contributed by atoms with Crippen LogP contribution in [0.25, 0.3) is 0 Å². The summed E-state index contributed by atoms with van der Waals surface area (Å²) in [6.45, 7) is 0. The van der Waals surface area contributed by atoms with Gasteiger partial charge in [0.05, 0.1) is 10.7 Å². The van der Waals surface area contributed by atoms with E-state index < -0.39 is 12.0 Å². The predicted molar refractivity (Wildman–Crippen MR) is 79.0 cm³/mol. The fraction of sp³-hybridized carbons (Fsp3) is 0.167. The Balaban J connectivity index is 2.39. The van der Waals surface area contributed by atoms with Gasteiger partial charge in [-0.1, -0.05) is 27.5 Å². The highest BCUT2D eigenvalue weighted by atomic mass is 79.9. The Bertz CT molecular complexity index is 663. The Labute approximate surface area is 131 Å². The normalized spacial score (nSPS) is 11.3. The smallest absolute Gasteiger partial charge is 0.373 e. The Morgan fingerprint density at radius 3 is 2.38 bits per heavy atom. The van der Waals surface area contributed by atoms with Crippen LogP contribution in [0.15, 0.2) is 28.7 Å². The Hall–Kier alpha value is -1.54. The van der Waals surface area contributed by atoms with Crippen molar-refractivity contribution in [1.29, 1.82) is 0 Å². The van der Waals surface area contributed by atoms with Gasteiger partial charge in [0.1, 0.15) is 11.6 Å². The maximum Gasteiger partial charge on any atom is 0.451 e. The second-order valence-corrected chi connectivity index (χ2v) is 5.28. The van der Waals surface area contributed by atoms with E-state index in [1.165, 1.54) is 13.1 Å². The van der Waals surface area contributed by atoms with E-state index in [-0.39, 0.29) is 11.6 Å². The molecule has 21 heavy (non-hydrogen) atoms. The van der Waals surface area contributed by atoms with Gasteiger partial charge in [-0.3, -0.25) is 0 Å². The largest absolute Gasteiger partial charge is 0.451 e. The predicted octanol–water partition coefficient (Wildman–Crippen LogP) is 4.70. The van der Waals surface area contributed by atoms with E-state index in [4.69, 9.17) is 11.6 Å². The van der Waals surface area contributed by atoms with Gasteiger partial charge in [0.25, 0.3) is 0 Å². The Morgan fingerprint density at radius 1 is 1.14 bits per heavy atom. The molecule has 0 saturated heterocycles. The van der Waals surface area contributed by atoms with Crippen LogP contribution in [-0.4, -0.2) is 17.0 Å². The average molecular weight is 382 g/mol. The molecule has 1 aromatic carbocycles. The van der Waals surface area contributed by atoms with Gasteiger partial charge < -0.3 is 10.6 Å². The summed E-state index contributed by atoms with van der Waals surface area (Å²) in [5, 5.41) is 5.65. The third kappa shape index (κ3) is 3.98. The molecule has 1 heterocycles. The van der Waals surface area contributed by atoms with Crippen molar-refractivity contribution in [2.24, 2.45) is 0 Å². The van der Waals surface area contributed by atoms with Crippen LogP contribution in [0.4, 0.5) is 30.5 Å². The van der Waals surface area contributed by atoms with E-state index in [2.05, 4.69) is 36.5 Å². The zero-order valence-corrected chi connectivity index (χ0v) is 12.9. The van der Waals surface area contributed by atoms with E-state index in [0.29, 0.717) is 10.7 Å². The lowest BCUT2D eigenvalue weighted by atomic mass is 10.3. The van der Waals surface area contributed by atoms with Crippen LogP contribution in [0.3, 0.4) is 0 Å². The molecule has 2 N–H and O–H groups in total. The second-order valence-electron chi connectivity index (χ2n) is 3.96. The first-order valence-electron chi connectivity index (χ1n) is 5.65. The monoisotopic (exact) mass is 380 g/mol. The molecule has 4 nitrogen and oxygen atoms in total. The van der Waals surface area contributed by atoms with Gasteiger partial charge in [0.2, 0.25) is 5.82 Å². The van der Waals surface area contributed by atoms with Crippen LogP contribution in [-0.2, 0) is 6.18 Å². The maximum atomic E-state index is 12.7. The van der Waals surface area contributed by atoms with Gasteiger partial charge in [-0.2, -0.15) is 13.2 Å². The molecule has 1 aromatic heterocycles. The summed E-state index contributed by atoms with van der Waals surface area (Å²) in [6, 6.07) is 6.31. The van der Waals surface area contributed by atoms with Gasteiger partial charge in [-0.05, 0) is 18.2 Å². The van der Waals surface area contributed by atoms with Crippen molar-refractivity contribution in [3.8, 4) is 0 Å². The molecule has 0 unspecified atom stereocenters. The summed E-state index contributed by atoms with van der Waals surface area (Å²) in [5.41, 5.74) is 0.439. The van der Waals surface area contributed by atoms with E-state index in [1.54, 1.807) is 18.2 Å². The molecular formula is C12H9BrClF3N4. The highest BCUT2D eigenvalue weighted by Crippen LogP contribution is 2.31. The molecule has 0 atom stereocenters. The minimum Gasteiger partial charge on any atom is -0.373 e. The standard InChI is InChI=1S/C12H9BrClF3N4/c1-18-9-5-10(21-11(20-9)12(15,16)17)19-8-3-2-6(13)4-7(8)14/h2-5H,1H3,(H2,18,19,20,21). The lowest BCUT2D eigenvalue weighted by molar-refractivity contribution is -0.144. The summed E-state index contributed by atoms with van der Waals surface area (Å²) >= 11 is 9.25. The molecule has 2 rings (SSSR count). The lowest BCUT2D eigenvalue weighted by Crippen LogP contribution is -2.13. The number of alkyl halides is 3. The molecule has 112 valence electrons. The summed E-state index contributed by atoms with van der Waals surface area (Å²) in [6.07, 6.45) is -4.63. The summed E-state index contributed by atoms with van der Waals surface area (Å²) in [4.78, 5) is 6.83. The zero-order valence-electron chi connectivity index (χ0n) is 10.6. The van der Waals surface area contributed by atoms with Crippen molar-refractivity contribution < 1.29 is 13.2 Å². The highest BCUT2D eigenvalue weighted by Gasteiger charge is 2.35. The van der Waals surface area contributed by atoms with Crippen molar-refractivity contribution in [3.05, 3.63) is 39.6 Å². The Morgan fingerprint density at radius 2 is 1.81 bits per heavy atom. The third-order valence-corrected chi connectivity index (χ3v) is 3.24. The minimum absolute atomic E-state index is 0.00843. The Kier molecular flexibility index (Phi) is 4.58. The summed E-state index contributed by atoms with van der Waals surface area (Å²) in [7, 11) is 1.47. The SMILES string of the molecule is CNc1cc(Nc2ccc(Br)cc2Cl)nc(C(F)(F)F)n1. The number of aromatic nitrogens is 2. The third-order valence-electron chi connectivity index (χ3n) is 2.43. The van der Waals surface area contributed by atoms with E-state index in [9.17, 15) is 13.2 Å². The van der Waals surface area contributed by atoms with E-state index in [0.717, 1.165) is 4.47 Å². The van der Waals surface area contributed by atoms with Crippen molar-refractivity contribution in [1.82, 2.24) is 9.97 Å². The molecule has 0 fully saturated rings. The first-order valence-corrected chi connectivity index (χ1v) is 6.83. The molecule has 0 saturated carbocycles. The maximum absolute atomic E-state index is 12.7. The topological polar surface area (TPSA) is 49.8 Å². The van der Waals surface area contributed by atoms with Crippen molar-refractivity contribution in [2.75, 3.05) is 17.7 Å². The first-order chi connectivity index (χ1) is 9.79. The van der Waals surface area contributed by atoms with Crippen LogP contribution in [0, 0.1) is 0 Å². The van der Waals surface area contributed by atoms with Gasteiger partial charge in [0, 0.05) is 17.6 Å². The quantitative estimate of drug-likeness (QED) is 0.809. The number of hydrogen-bond donors (Lipinski definition) is 2. The summed E-state index contributed by atoms with van der Waals surface area (Å²) < 4.78 is 39.0. The molecular weight excluding hydrogens is 373 g/mol. The van der Waals surface area contributed by atoms with Crippen molar-refractivity contribution >= 4 is 44.9 Å². The number of nitrogens with one attached hydrogen (secondary N) is 2. The van der Waals surface area contributed by atoms with Gasteiger partial charge >= 0.3 is 6.18 Å². The second kappa shape index (κ2) is 6.07. The van der Waals surface area contributed by atoms with Crippen molar-refractivity contribution in [2.45, 2.75) is 6.18 Å². The van der Waals surface area contributed by atoms with Crippen LogP contribution in [0.2, 0.25) is 5.02 Å². The molecule has 0 aliphatic heterocycles. The number of nitrogens with zero attached hydrogens (tertiary/aromatic N) is 2. The number of anilines is 3. The molecule has 0 bridgehead atoms. The van der Waals surface area contributed by atoms with E-state index >= 15 is 0 Å². The van der Waals surface area contributed by atoms with Crippen LogP contribution >= 0.6 is 27.5 Å². The van der Waals surface area contributed by atoms with Gasteiger partial charge in [-0.25, -0.2) is 9.97 Å². The van der Waals surface area contributed by atoms with Crippen LogP contribution in [0.5, 0.6) is 0 Å². The fourth-order valence-corrected chi connectivity index (χ4v) is 2.22. The molecule has 0 spiro atoms. The van der Waals surface area contributed by atoms with E-state index in [1.807, 2.05) is 0 Å². The van der Waals surface area contributed by atoms with Crippen LogP contribution in [0.1, 0.15) is 5.82 Å². The average Bonchev–Trinajstić information content (AvgIpc) is 2.40. The first kappa shape index (κ1) is 15.8. The molecule has 0 aliphatic carbocycles. The van der Waals surface area contributed by atoms with Gasteiger partial charge in [-0.15, -0.1) is 0 Å². The zero-order chi connectivity index (χ0) is 15.6. The number of rotatable bonds is 3. The minimum atomic E-state index is -4.63. The number of benzene rings is 1. The summed E-state index contributed by atoms with van der Waals surface area (Å²) in [5.74, 6) is -1.19. The van der Waals surface area contributed by atoms with Gasteiger partial charge in [0.15, 0.2) is 0 Å². The number of halogens is 5.